The number of hydrogen-bond donors (Lipinski definition) is 0. The van der Waals surface area contributed by atoms with Gasteiger partial charge >= 0.3 is 17.9 Å². The molecule has 0 bridgehead atoms. The predicted molar refractivity (Wildman–Crippen MR) is 315 cm³/mol. The zero-order valence-electron chi connectivity index (χ0n) is 46.6. The zero-order chi connectivity index (χ0) is 52.9. The molecule has 0 heterocycles. The first kappa shape index (κ1) is 68.0. The summed E-state index contributed by atoms with van der Waals surface area (Å²) < 4.78 is 16.8. The van der Waals surface area contributed by atoms with Crippen molar-refractivity contribution >= 4 is 17.9 Å². The van der Waals surface area contributed by atoms with E-state index in [0.29, 0.717) is 19.3 Å². The largest absolute Gasteiger partial charge is 0.462 e. The lowest BCUT2D eigenvalue weighted by Gasteiger charge is -2.18. The molecule has 73 heavy (non-hydrogen) atoms. The van der Waals surface area contributed by atoms with E-state index in [1.165, 1.54) is 44.9 Å². The molecular weight excluding hydrogens is 901 g/mol. The summed E-state index contributed by atoms with van der Waals surface area (Å²) in [5.74, 6) is -1.06. The van der Waals surface area contributed by atoms with Crippen molar-refractivity contribution in [2.24, 2.45) is 0 Å². The van der Waals surface area contributed by atoms with Gasteiger partial charge in [-0.2, -0.15) is 0 Å². The predicted octanol–water partition coefficient (Wildman–Crippen LogP) is 19.8. The summed E-state index contributed by atoms with van der Waals surface area (Å²) in [4.78, 5) is 38.2. The molecule has 6 nitrogen and oxygen atoms in total. The van der Waals surface area contributed by atoms with Crippen LogP contribution in [0.1, 0.15) is 226 Å². The van der Waals surface area contributed by atoms with E-state index in [9.17, 15) is 14.4 Å². The lowest BCUT2D eigenvalue weighted by atomic mass is 10.1. The van der Waals surface area contributed by atoms with Crippen molar-refractivity contribution in [3.8, 4) is 0 Å². The first-order valence-corrected chi connectivity index (χ1v) is 29.0. The van der Waals surface area contributed by atoms with E-state index in [1.807, 2.05) is 0 Å². The molecule has 0 saturated carbocycles. The van der Waals surface area contributed by atoms with E-state index in [4.69, 9.17) is 14.2 Å². The highest BCUT2D eigenvalue weighted by molar-refractivity contribution is 5.71. The Bertz CT molecular complexity index is 1670. The van der Waals surface area contributed by atoms with Gasteiger partial charge in [-0.3, -0.25) is 14.4 Å². The summed E-state index contributed by atoms with van der Waals surface area (Å²) in [6.07, 6.45) is 86.6. The Hall–Kier alpha value is -4.97. The average molecular weight is 1010 g/mol. The van der Waals surface area contributed by atoms with E-state index in [2.05, 4.69) is 179 Å². The number of allylic oxidation sites excluding steroid dienone is 26. The fraction of sp³-hybridized carbons (Fsp3) is 0.567. The van der Waals surface area contributed by atoms with Gasteiger partial charge in [-0.1, -0.05) is 224 Å². The Morgan fingerprint density at radius 2 is 0.548 bits per heavy atom. The van der Waals surface area contributed by atoms with Gasteiger partial charge in [0.2, 0.25) is 0 Å². The van der Waals surface area contributed by atoms with Gasteiger partial charge in [0.05, 0.1) is 0 Å². The number of carbonyl (C=O) groups excluding carboxylic acids is 3. The summed E-state index contributed by atoms with van der Waals surface area (Å²) in [5, 5.41) is 0. The van der Waals surface area contributed by atoms with Gasteiger partial charge in [-0.05, 0) is 141 Å². The van der Waals surface area contributed by atoms with Crippen LogP contribution in [0.15, 0.2) is 158 Å². The minimum Gasteiger partial charge on any atom is -0.462 e. The second-order valence-electron chi connectivity index (χ2n) is 18.4. The minimum absolute atomic E-state index is 0.132. The first-order chi connectivity index (χ1) is 36.0. The summed E-state index contributed by atoms with van der Waals surface area (Å²) in [7, 11) is 0. The molecule has 0 unspecified atom stereocenters. The van der Waals surface area contributed by atoms with E-state index in [1.54, 1.807) is 0 Å². The third-order valence-electron chi connectivity index (χ3n) is 11.5. The Labute approximate surface area is 448 Å². The summed E-state index contributed by atoms with van der Waals surface area (Å²) in [5.41, 5.74) is 0. The molecule has 0 amide bonds. The molecule has 0 spiro atoms. The van der Waals surface area contributed by atoms with Gasteiger partial charge in [0, 0.05) is 19.3 Å². The highest BCUT2D eigenvalue weighted by Crippen LogP contribution is 2.11. The zero-order valence-corrected chi connectivity index (χ0v) is 46.6. The lowest BCUT2D eigenvalue weighted by Crippen LogP contribution is -2.30. The minimum atomic E-state index is -0.839. The van der Waals surface area contributed by atoms with E-state index < -0.39 is 6.10 Å². The van der Waals surface area contributed by atoms with Crippen molar-refractivity contribution in [3.05, 3.63) is 158 Å². The maximum Gasteiger partial charge on any atom is 0.306 e. The second kappa shape index (κ2) is 59.6. The number of rotatable bonds is 50. The topological polar surface area (TPSA) is 78.9 Å². The summed E-state index contributed by atoms with van der Waals surface area (Å²) in [6, 6.07) is 0. The monoisotopic (exact) mass is 1000 g/mol. The molecule has 0 aliphatic rings. The molecule has 0 aromatic heterocycles. The van der Waals surface area contributed by atoms with Crippen LogP contribution < -0.4 is 0 Å². The average Bonchev–Trinajstić information content (AvgIpc) is 3.39. The number of unbranched alkanes of at least 4 members (excludes halogenated alkanes) is 13. The highest BCUT2D eigenvalue weighted by atomic mass is 16.6. The number of hydrogen-bond acceptors (Lipinski definition) is 6. The first-order valence-electron chi connectivity index (χ1n) is 29.0. The molecule has 408 valence electrons. The van der Waals surface area contributed by atoms with Crippen LogP contribution in [0.4, 0.5) is 0 Å². The van der Waals surface area contributed by atoms with Crippen LogP contribution in [0.25, 0.3) is 0 Å². The molecule has 6 heteroatoms. The molecule has 0 N–H and O–H groups in total. The second-order valence-corrected chi connectivity index (χ2v) is 18.4. The smallest absolute Gasteiger partial charge is 0.306 e. The Balaban J connectivity index is 4.62. The van der Waals surface area contributed by atoms with E-state index >= 15 is 0 Å². The molecule has 0 aromatic carbocycles. The molecule has 0 rings (SSSR count). The number of ether oxygens (including phenoxy) is 3. The van der Waals surface area contributed by atoms with Crippen LogP contribution in [0.3, 0.4) is 0 Å². The quantitative estimate of drug-likeness (QED) is 0.0261. The SMILES string of the molecule is CC/C=C\C/C=C\C/C=C\C/C=C\C/C=C\CCCCCC(=O)OC[C@H](COC(=O)CCC/C=C\C/C=C\C/C=C\CCCCCCCC)OC(=O)CCCCC/C=C\C/C=C\C/C=C\C/C=C\C/C=C\CC. The fourth-order valence-corrected chi connectivity index (χ4v) is 7.22. The Kier molecular flexibility index (Phi) is 55.5. The number of carbonyl (C=O) groups is 3. The van der Waals surface area contributed by atoms with Crippen LogP contribution in [0.5, 0.6) is 0 Å². The van der Waals surface area contributed by atoms with Crippen LogP contribution in [0.2, 0.25) is 0 Å². The normalized spacial score (nSPS) is 13.3. The molecule has 0 radical (unpaired) electrons. The van der Waals surface area contributed by atoms with Crippen LogP contribution in [-0.4, -0.2) is 37.2 Å². The maximum absolute atomic E-state index is 12.9. The van der Waals surface area contributed by atoms with Crippen molar-refractivity contribution in [2.45, 2.75) is 232 Å². The molecule has 0 aromatic rings. The molecular formula is C67H104O6. The molecule has 1 atom stereocenters. The van der Waals surface area contributed by atoms with E-state index in [-0.39, 0.29) is 44.0 Å². The maximum atomic E-state index is 12.9. The molecule has 0 fully saturated rings. The van der Waals surface area contributed by atoms with Gasteiger partial charge in [0.1, 0.15) is 13.2 Å². The van der Waals surface area contributed by atoms with Gasteiger partial charge in [0.15, 0.2) is 6.10 Å². The number of esters is 3. The lowest BCUT2D eigenvalue weighted by molar-refractivity contribution is -0.167. The van der Waals surface area contributed by atoms with Crippen molar-refractivity contribution in [1.82, 2.24) is 0 Å². The summed E-state index contributed by atoms with van der Waals surface area (Å²) in [6.45, 7) is 6.29. The Morgan fingerprint density at radius 3 is 0.890 bits per heavy atom. The van der Waals surface area contributed by atoms with Crippen molar-refractivity contribution in [1.29, 1.82) is 0 Å². The Morgan fingerprint density at radius 1 is 0.288 bits per heavy atom. The van der Waals surface area contributed by atoms with Gasteiger partial charge in [0.25, 0.3) is 0 Å². The van der Waals surface area contributed by atoms with Crippen molar-refractivity contribution in [2.75, 3.05) is 13.2 Å². The molecule has 0 aliphatic carbocycles. The van der Waals surface area contributed by atoms with Crippen molar-refractivity contribution < 1.29 is 28.6 Å². The molecule has 0 saturated heterocycles. The van der Waals surface area contributed by atoms with Crippen LogP contribution in [-0.2, 0) is 28.6 Å². The van der Waals surface area contributed by atoms with Crippen molar-refractivity contribution in [3.63, 3.8) is 0 Å². The standard InChI is InChI=1S/C67H104O6/c1-4-7-10-13-16-19-22-25-28-31-33-36-39-42-45-48-51-54-57-60-66(69)72-63-64(62-71-65(68)59-56-53-50-47-44-41-38-35-30-27-24-21-18-15-12-9-6-3)73-67(70)61-58-55-52-49-46-43-40-37-34-32-29-26-23-20-17-14-11-8-5-2/h7-8,10-11,16-17,19-20,25-30,33-34,36-38,41-43,45-47,50,64H,4-6,9,12-15,18,21-24,31-32,35,39-40,44,48-49,51-63H2,1-3H3/b10-7-,11-8-,19-16-,20-17-,28-25-,29-26-,30-27-,36-33-,37-34-,41-38-,45-42-,46-43-,50-47-/t64-/m0/s1. The van der Waals surface area contributed by atoms with Gasteiger partial charge in [-0.25, -0.2) is 0 Å². The molecule has 0 aliphatic heterocycles. The summed E-state index contributed by atoms with van der Waals surface area (Å²) >= 11 is 0. The third-order valence-corrected chi connectivity index (χ3v) is 11.5. The van der Waals surface area contributed by atoms with Crippen LogP contribution >= 0.6 is 0 Å². The van der Waals surface area contributed by atoms with Gasteiger partial charge in [-0.15, -0.1) is 0 Å². The van der Waals surface area contributed by atoms with Crippen LogP contribution in [0, 0.1) is 0 Å². The van der Waals surface area contributed by atoms with Gasteiger partial charge < -0.3 is 14.2 Å². The third kappa shape index (κ3) is 57.8. The van der Waals surface area contributed by atoms with E-state index in [0.717, 1.165) is 128 Å². The highest BCUT2D eigenvalue weighted by Gasteiger charge is 2.19. The fourth-order valence-electron chi connectivity index (χ4n) is 7.22.